The zero-order chi connectivity index (χ0) is 16.2. The van der Waals surface area contributed by atoms with Crippen molar-refractivity contribution in [1.82, 2.24) is 15.6 Å². The number of hydrogen-bond donors (Lipinski definition) is 2. The van der Waals surface area contributed by atoms with E-state index in [-0.39, 0.29) is 0 Å². The van der Waals surface area contributed by atoms with Gasteiger partial charge in [-0.15, -0.1) is 11.3 Å². The zero-order valence-electron chi connectivity index (χ0n) is 14.0. The van der Waals surface area contributed by atoms with Gasteiger partial charge in [0, 0.05) is 18.5 Å². The second-order valence-corrected chi connectivity index (χ2v) is 7.35. The summed E-state index contributed by atoms with van der Waals surface area (Å²) in [7, 11) is 1.82. The number of aromatic nitrogens is 1. The molecule has 1 heterocycles. The largest absolute Gasteiger partial charge is 0.356 e. The number of nitrogens with zero attached hydrogens (tertiary/aromatic N) is 2. The van der Waals surface area contributed by atoms with Crippen molar-refractivity contribution in [3.8, 4) is 0 Å². The van der Waals surface area contributed by atoms with E-state index in [1.807, 2.05) is 14.0 Å². The molecule has 1 saturated carbocycles. The number of hydrogen-bond acceptors (Lipinski definition) is 3. The molecule has 122 valence electrons. The van der Waals surface area contributed by atoms with Crippen LogP contribution >= 0.6 is 11.3 Å². The standard InChI is InChI=1S/C18H24N4S/c1-12-17(23-13(2)22-12)11-21-18(19-3)20-10-15-9-16(15)14-7-5-4-6-8-14/h4-8,15-16H,9-11H2,1-3H3,(H2,19,20,21). The fourth-order valence-corrected chi connectivity index (χ4v) is 3.81. The highest BCUT2D eigenvalue weighted by molar-refractivity contribution is 7.11. The Balaban J connectivity index is 1.45. The molecule has 0 spiro atoms. The molecule has 2 atom stereocenters. The predicted molar refractivity (Wildman–Crippen MR) is 97.1 cm³/mol. The Morgan fingerprint density at radius 3 is 2.70 bits per heavy atom. The van der Waals surface area contributed by atoms with Crippen LogP contribution in [0.1, 0.15) is 33.5 Å². The van der Waals surface area contributed by atoms with Gasteiger partial charge in [0.05, 0.1) is 17.2 Å². The highest BCUT2D eigenvalue weighted by Gasteiger charge is 2.37. The molecule has 0 bridgehead atoms. The molecule has 4 nitrogen and oxygen atoms in total. The fraction of sp³-hybridized carbons (Fsp3) is 0.444. The number of guanidine groups is 1. The van der Waals surface area contributed by atoms with E-state index in [0.29, 0.717) is 11.8 Å². The zero-order valence-corrected chi connectivity index (χ0v) is 14.8. The molecule has 1 aliphatic rings. The summed E-state index contributed by atoms with van der Waals surface area (Å²) in [6, 6.07) is 10.8. The molecule has 0 aliphatic heterocycles. The van der Waals surface area contributed by atoms with Crippen LogP contribution in [0.3, 0.4) is 0 Å². The van der Waals surface area contributed by atoms with Crippen LogP contribution in [0.15, 0.2) is 35.3 Å². The van der Waals surface area contributed by atoms with Gasteiger partial charge in [-0.05, 0) is 37.7 Å². The second-order valence-electron chi connectivity index (χ2n) is 6.06. The Labute approximate surface area is 142 Å². The van der Waals surface area contributed by atoms with E-state index in [1.165, 1.54) is 16.9 Å². The number of thiazole rings is 1. The van der Waals surface area contributed by atoms with Crippen molar-refractivity contribution in [2.75, 3.05) is 13.6 Å². The molecule has 1 aromatic heterocycles. The number of benzene rings is 1. The minimum atomic E-state index is 0.702. The topological polar surface area (TPSA) is 49.3 Å². The highest BCUT2D eigenvalue weighted by atomic mass is 32.1. The van der Waals surface area contributed by atoms with Crippen LogP contribution in [-0.4, -0.2) is 24.5 Å². The van der Waals surface area contributed by atoms with Crippen molar-refractivity contribution in [2.45, 2.75) is 32.7 Å². The summed E-state index contributed by atoms with van der Waals surface area (Å²) in [5, 5.41) is 7.95. The van der Waals surface area contributed by atoms with Gasteiger partial charge in [-0.2, -0.15) is 0 Å². The average Bonchev–Trinajstić information content (AvgIpc) is 3.26. The molecule has 23 heavy (non-hydrogen) atoms. The molecule has 1 fully saturated rings. The van der Waals surface area contributed by atoms with E-state index in [2.05, 4.69) is 57.9 Å². The number of aliphatic imine (C=N–C) groups is 1. The lowest BCUT2D eigenvalue weighted by molar-refractivity contribution is 0.720. The van der Waals surface area contributed by atoms with E-state index < -0.39 is 0 Å². The maximum Gasteiger partial charge on any atom is 0.191 e. The summed E-state index contributed by atoms with van der Waals surface area (Å²) in [4.78, 5) is 10.1. The smallest absolute Gasteiger partial charge is 0.191 e. The average molecular weight is 328 g/mol. The highest BCUT2D eigenvalue weighted by Crippen LogP contribution is 2.46. The molecule has 0 saturated heterocycles. The Bertz CT molecular complexity index is 678. The first kappa shape index (κ1) is 16.0. The molecule has 2 unspecified atom stereocenters. The molecular weight excluding hydrogens is 304 g/mol. The molecular formula is C18H24N4S. The third kappa shape index (κ3) is 4.10. The van der Waals surface area contributed by atoms with Gasteiger partial charge in [-0.1, -0.05) is 30.3 Å². The summed E-state index contributed by atoms with van der Waals surface area (Å²) >= 11 is 1.74. The van der Waals surface area contributed by atoms with E-state index >= 15 is 0 Å². The number of rotatable bonds is 5. The molecule has 2 N–H and O–H groups in total. The van der Waals surface area contributed by atoms with Crippen molar-refractivity contribution < 1.29 is 0 Å². The molecule has 0 radical (unpaired) electrons. The normalized spacial score (nSPS) is 20.4. The van der Waals surface area contributed by atoms with Gasteiger partial charge in [0.15, 0.2) is 5.96 Å². The van der Waals surface area contributed by atoms with Gasteiger partial charge in [-0.3, -0.25) is 4.99 Å². The maximum atomic E-state index is 4.46. The van der Waals surface area contributed by atoms with Gasteiger partial charge in [0.2, 0.25) is 0 Å². The van der Waals surface area contributed by atoms with Crippen molar-refractivity contribution in [2.24, 2.45) is 10.9 Å². The Hall–Kier alpha value is -1.88. The lowest BCUT2D eigenvalue weighted by atomic mass is 10.1. The van der Waals surface area contributed by atoms with Crippen LogP contribution in [0, 0.1) is 19.8 Å². The summed E-state index contributed by atoms with van der Waals surface area (Å²) in [5.41, 5.74) is 2.57. The molecule has 2 aromatic rings. The molecule has 1 aliphatic carbocycles. The minimum Gasteiger partial charge on any atom is -0.356 e. The fourth-order valence-electron chi connectivity index (χ4n) is 2.93. The van der Waals surface area contributed by atoms with E-state index in [1.54, 1.807) is 11.3 Å². The van der Waals surface area contributed by atoms with Crippen LogP contribution in [0.25, 0.3) is 0 Å². The monoisotopic (exact) mass is 328 g/mol. The summed E-state index contributed by atoms with van der Waals surface area (Å²) in [6.07, 6.45) is 1.27. The van der Waals surface area contributed by atoms with Crippen molar-refractivity contribution >= 4 is 17.3 Å². The van der Waals surface area contributed by atoms with Crippen molar-refractivity contribution in [1.29, 1.82) is 0 Å². The van der Waals surface area contributed by atoms with Crippen LogP contribution in [-0.2, 0) is 6.54 Å². The molecule has 3 rings (SSSR count). The van der Waals surface area contributed by atoms with E-state index in [4.69, 9.17) is 0 Å². The lowest BCUT2D eigenvalue weighted by Crippen LogP contribution is -2.38. The van der Waals surface area contributed by atoms with Crippen LogP contribution in [0.5, 0.6) is 0 Å². The van der Waals surface area contributed by atoms with Gasteiger partial charge in [-0.25, -0.2) is 4.98 Å². The third-order valence-corrected chi connectivity index (χ3v) is 5.39. The van der Waals surface area contributed by atoms with Gasteiger partial charge >= 0.3 is 0 Å². The van der Waals surface area contributed by atoms with E-state index in [0.717, 1.165) is 29.8 Å². The second kappa shape index (κ2) is 7.13. The lowest BCUT2D eigenvalue weighted by Gasteiger charge is -2.11. The summed E-state index contributed by atoms with van der Waals surface area (Å²) in [5.74, 6) is 2.28. The maximum absolute atomic E-state index is 4.46. The Morgan fingerprint density at radius 2 is 2.04 bits per heavy atom. The summed E-state index contributed by atoms with van der Waals surface area (Å²) < 4.78 is 0. The Kier molecular flexibility index (Phi) is 4.96. The van der Waals surface area contributed by atoms with Crippen LogP contribution < -0.4 is 10.6 Å². The SMILES string of the molecule is CN=C(NCc1sc(C)nc1C)NCC1CC1c1ccccc1. The van der Waals surface area contributed by atoms with Crippen LogP contribution in [0.4, 0.5) is 0 Å². The minimum absolute atomic E-state index is 0.702. The van der Waals surface area contributed by atoms with Gasteiger partial charge < -0.3 is 10.6 Å². The first-order valence-corrected chi connectivity index (χ1v) is 8.91. The van der Waals surface area contributed by atoms with Crippen LogP contribution in [0.2, 0.25) is 0 Å². The first-order chi connectivity index (χ1) is 11.2. The number of aryl methyl sites for hydroxylation is 2. The third-order valence-electron chi connectivity index (χ3n) is 4.32. The number of nitrogens with one attached hydrogen (secondary N) is 2. The van der Waals surface area contributed by atoms with Gasteiger partial charge in [0.1, 0.15) is 0 Å². The predicted octanol–water partition coefficient (Wildman–Crippen LogP) is 3.23. The first-order valence-electron chi connectivity index (χ1n) is 8.09. The van der Waals surface area contributed by atoms with Gasteiger partial charge in [0.25, 0.3) is 0 Å². The van der Waals surface area contributed by atoms with E-state index in [9.17, 15) is 0 Å². The molecule has 1 aromatic carbocycles. The summed E-state index contributed by atoms with van der Waals surface area (Å²) in [6.45, 7) is 5.86. The molecule has 0 amide bonds. The molecule has 5 heteroatoms. The quantitative estimate of drug-likeness (QED) is 0.654. The van der Waals surface area contributed by atoms with Crippen molar-refractivity contribution in [3.05, 3.63) is 51.5 Å². The van der Waals surface area contributed by atoms with Crippen molar-refractivity contribution in [3.63, 3.8) is 0 Å². The Morgan fingerprint density at radius 1 is 1.26 bits per heavy atom.